The van der Waals surface area contributed by atoms with Crippen molar-refractivity contribution >= 4 is 34.2 Å². The van der Waals surface area contributed by atoms with Gasteiger partial charge in [-0.05, 0) is 36.4 Å². The largest absolute Gasteiger partial charge is 0.335 e. The molecule has 2 N–H and O–H groups in total. The number of benzodiazepines with no additional fused rings is 1. The number of H-pyrrole nitrogens is 1. The third-order valence-electron chi connectivity index (χ3n) is 5.38. The van der Waals surface area contributed by atoms with Gasteiger partial charge in [-0.25, -0.2) is 14.4 Å². The summed E-state index contributed by atoms with van der Waals surface area (Å²) < 4.78 is 14.7. The number of nitrogens with zero attached hydrogens (tertiary/aromatic N) is 3. The molecule has 3 heterocycles. The highest BCUT2D eigenvalue weighted by atomic mass is 19.1. The molecule has 2 amide bonds. The lowest BCUT2D eigenvalue weighted by Gasteiger charge is -2.20. The van der Waals surface area contributed by atoms with Gasteiger partial charge in [0, 0.05) is 29.8 Å². The zero-order chi connectivity index (χ0) is 22.2. The molecule has 0 radical (unpaired) electrons. The van der Waals surface area contributed by atoms with Crippen LogP contribution in [0.5, 0.6) is 0 Å². The first-order chi connectivity index (χ1) is 15.5. The first-order valence-electron chi connectivity index (χ1n) is 9.97. The monoisotopic (exact) mass is 427 g/mol. The Morgan fingerprint density at radius 3 is 2.59 bits per heavy atom. The Hall–Kier alpha value is -4.33. The predicted octanol–water partition coefficient (Wildman–Crippen LogP) is 3.27. The summed E-state index contributed by atoms with van der Waals surface area (Å²) in [6.07, 6.45) is 0.376. The first-order valence-corrected chi connectivity index (χ1v) is 9.97. The van der Waals surface area contributed by atoms with Crippen LogP contribution in [-0.4, -0.2) is 40.7 Å². The molecule has 1 aliphatic rings. The van der Waals surface area contributed by atoms with E-state index < -0.39 is 23.8 Å². The van der Waals surface area contributed by atoms with Crippen molar-refractivity contribution in [2.75, 3.05) is 11.9 Å². The third kappa shape index (κ3) is 3.31. The van der Waals surface area contributed by atoms with Gasteiger partial charge in [0.2, 0.25) is 6.17 Å². The Balaban J connectivity index is 1.58. The van der Waals surface area contributed by atoms with E-state index in [1.807, 2.05) is 6.07 Å². The predicted molar refractivity (Wildman–Crippen MR) is 119 cm³/mol. The van der Waals surface area contributed by atoms with Crippen LogP contribution in [0, 0.1) is 5.82 Å². The minimum Gasteiger partial charge on any atom is -0.335 e. The lowest BCUT2D eigenvalue weighted by molar-refractivity contribution is -0.119. The number of anilines is 1. The summed E-state index contributed by atoms with van der Waals surface area (Å²) in [4.78, 5) is 39.2. The van der Waals surface area contributed by atoms with E-state index in [-0.39, 0.29) is 11.3 Å². The third-order valence-corrected chi connectivity index (χ3v) is 5.38. The highest BCUT2D eigenvalue weighted by Gasteiger charge is 2.32. The second-order valence-corrected chi connectivity index (χ2v) is 7.37. The van der Waals surface area contributed by atoms with Gasteiger partial charge < -0.3 is 15.2 Å². The van der Waals surface area contributed by atoms with Crippen LogP contribution in [-0.2, 0) is 4.79 Å². The van der Waals surface area contributed by atoms with Gasteiger partial charge in [0.1, 0.15) is 17.2 Å². The zero-order valence-corrected chi connectivity index (χ0v) is 17.0. The van der Waals surface area contributed by atoms with Crippen LogP contribution in [0.15, 0.2) is 77.9 Å². The molecule has 1 atom stereocenters. The number of aromatic amines is 1. The maximum Gasteiger partial charge on any atom is 0.272 e. The quantitative estimate of drug-likeness (QED) is 0.526. The SMILES string of the molecule is CN1C(=O)C(NC(=O)c2cc3cccnc3[nH]2)N=C(c2ccccc2F)c2ccccc21. The molecule has 0 spiro atoms. The van der Waals surface area contributed by atoms with E-state index in [1.54, 1.807) is 67.8 Å². The molecule has 7 nitrogen and oxygen atoms in total. The van der Waals surface area contributed by atoms with Crippen molar-refractivity contribution in [3.8, 4) is 0 Å². The molecule has 32 heavy (non-hydrogen) atoms. The molecule has 5 rings (SSSR count). The summed E-state index contributed by atoms with van der Waals surface area (Å²) in [6.45, 7) is 0. The highest BCUT2D eigenvalue weighted by molar-refractivity contribution is 6.20. The number of carbonyl (C=O) groups is 2. The standard InChI is InChI=1S/C24H18FN5O2/c1-30-19-11-5-3-9-16(19)20(15-8-2-4-10-17(15)25)28-22(24(30)32)29-23(31)18-13-14-7-6-12-26-21(14)27-18/h2-13,22H,1H3,(H,26,27)(H,29,31). The van der Waals surface area contributed by atoms with Gasteiger partial charge in [0.15, 0.2) is 0 Å². The maximum absolute atomic E-state index is 14.7. The molecular weight excluding hydrogens is 409 g/mol. The van der Waals surface area contributed by atoms with Gasteiger partial charge in [0.25, 0.3) is 11.8 Å². The van der Waals surface area contributed by atoms with E-state index in [0.29, 0.717) is 22.6 Å². The summed E-state index contributed by atoms with van der Waals surface area (Å²) in [5.74, 6) is -1.42. The van der Waals surface area contributed by atoms with Crippen molar-refractivity contribution in [3.63, 3.8) is 0 Å². The van der Waals surface area contributed by atoms with E-state index in [2.05, 4.69) is 20.3 Å². The number of benzene rings is 2. The van der Waals surface area contributed by atoms with Crippen LogP contribution in [0.25, 0.3) is 11.0 Å². The minimum absolute atomic E-state index is 0.247. The molecule has 0 saturated carbocycles. The number of aromatic nitrogens is 2. The van der Waals surface area contributed by atoms with Crippen LogP contribution in [0.4, 0.5) is 10.1 Å². The molecule has 2 aromatic heterocycles. The highest BCUT2D eigenvalue weighted by Crippen LogP contribution is 2.28. The van der Waals surface area contributed by atoms with Crippen LogP contribution in [0.3, 0.4) is 0 Å². The average molecular weight is 427 g/mol. The van der Waals surface area contributed by atoms with E-state index in [4.69, 9.17) is 0 Å². The number of aliphatic imine (C=N–C) groups is 1. The number of likely N-dealkylation sites (N-methyl/N-ethyl adjacent to an activating group) is 1. The molecule has 1 unspecified atom stereocenters. The van der Waals surface area contributed by atoms with Gasteiger partial charge in [0.05, 0.1) is 11.4 Å². The number of pyridine rings is 1. The number of amides is 2. The minimum atomic E-state index is -1.24. The summed E-state index contributed by atoms with van der Waals surface area (Å²) in [7, 11) is 1.60. The molecule has 8 heteroatoms. The van der Waals surface area contributed by atoms with Crippen molar-refractivity contribution in [1.82, 2.24) is 15.3 Å². The Bertz CT molecular complexity index is 1360. The average Bonchev–Trinajstić information content (AvgIpc) is 3.22. The van der Waals surface area contributed by atoms with Crippen molar-refractivity contribution in [2.45, 2.75) is 6.17 Å². The van der Waals surface area contributed by atoms with Crippen molar-refractivity contribution in [3.05, 3.63) is 95.6 Å². The molecule has 2 aromatic carbocycles. The fourth-order valence-electron chi connectivity index (χ4n) is 3.77. The van der Waals surface area contributed by atoms with Crippen LogP contribution < -0.4 is 10.2 Å². The molecule has 0 saturated heterocycles. The smallest absolute Gasteiger partial charge is 0.272 e. The molecule has 1 aliphatic heterocycles. The lowest BCUT2D eigenvalue weighted by atomic mass is 10.00. The van der Waals surface area contributed by atoms with E-state index in [1.165, 1.54) is 11.0 Å². The Labute approximate surface area is 182 Å². The number of hydrogen-bond acceptors (Lipinski definition) is 4. The van der Waals surface area contributed by atoms with Gasteiger partial charge in [-0.1, -0.05) is 30.3 Å². The number of nitrogens with one attached hydrogen (secondary N) is 2. The molecule has 4 aromatic rings. The molecule has 0 fully saturated rings. The summed E-state index contributed by atoms with van der Waals surface area (Å²) in [5.41, 5.74) is 2.52. The van der Waals surface area contributed by atoms with Crippen LogP contribution in [0.1, 0.15) is 21.6 Å². The summed E-state index contributed by atoms with van der Waals surface area (Å²) in [6, 6.07) is 18.6. The normalized spacial score (nSPS) is 15.8. The maximum atomic E-state index is 14.7. The Kier molecular flexibility index (Phi) is 4.74. The zero-order valence-electron chi connectivity index (χ0n) is 17.0. The van der Waals surface area contributed by atoms with Crippen molar-refractivity contribution in [1.29, 1.82) is 0 Å². The number of halogens is 1. The fraction of sp³-hybridized carbons (Fsp3) is 0.0833. The van der Waals surface area contributed by atoms with Crippen molar-refractivity contribution < 1.29 is 14.0 Å². The molecule has 158 valence electrons. The van der Waals surface area contributed by atoms with Gasteiger partial charge in [-0.15, -0.1) is 0 Å². The fourth-order valence-corrected chi connectivity index (χ4v) is 3.77. The number of carbonyl (C=O) groups excluding carboxylic acids is 2. The van der Waals surface area contributed by atoms with Crippen LogP contribution in [0.2, 0.25) is 0 Å². The number of rotatable bonds is 3. The number of hydrogen-bond donors (Lipinski definition) is 2. The Morgan fingerprint density at radius 2 is 1.81 bits per heavy atom. The van der Waals surface area contributed by atoms with Crippen LogP contribution >= 0.6 is 0 Å². The van der Waals surface area contributed by atoms with E-state index in [0.717, 1.165) is 5.39 Å². The summed E-state index contributed by atoms with van der Waals surface area (Å²) in [5, 5.41) is 3.44. The van der Waals surface area contributed by atoms with Gasteiger partial charge in [-0.3, -0.25) is 9.59 Å². The van der Waals surface area contributed by atoms with Crippen molar-refractivity contribution in [2.24, 2.45) is 4.99 Å². The number of para-hydroxylation sites is 1. The molecule has 0 aliphatic carbocycles. The van der Waals surface area contributed by atoms with E-state index in [9.17, 15) is 14.0 Å². The second kappa shape index (κ2) is 7.73. The first kappa shape index (κ1) is 19.6. The molecular formula is C24H18FN5O2. The lowest BCUT2D eigenvalue weighted by Crippen LogP contribution is -2.46. The van der Waals surface area contributed by atoms with Gasteiger partial charge in [-0.2, -0.15) is 0 Å². The number of fused-ring (bicyclic) bond motifs is 2. The second-order valence-electron chi connectivity index (χ2n) is 7.37. The summed E-state index contributed by atoms with van der Waals surface area (Å²) >= 11 is 0. The topological polar surface area (TPSA) is 90.5 Å². The van der Waals surface area contributed by atoms with Gasteiger partial charge >= 0.3 is 0 Å². The van der Waals surface area contributed by atoms with E-state index >= 15 is 0 Å². The molecule has 0 bridgehead atoms. The Morgan fingerprint density at radius 1 is 1.06 bits per heavy atom.